The van der Waals surface area contributed by atoms with Crippen LogP contribution >= 0.6 is 0 Å². The molecule has 3 aromatic carbocycles. The first-order valence-corrected chi connectivity index (χ1v) is 8.50. The molecule has 0 aliphatic heterocycles. The van der Waals surface area contributed by atoms with E-state index in [-0.39, 0.29) is 34.0 Å². The van der Waals surface area contributed by atoms with E-state index in [1.54, 1.807) is 24.3 Å². The number of benzene rings is 3. The Morgan fingerprint density at radius 2 is 0.967 bits per heavy atom. The molecule has 3 aromatic rings. The van der Waals surface area contributed by atoms with Gasteiger partial charge in [-0.2, -0.15) is 9.98 Å². The predicted molar refractivity (Wildman–Crippen MR) is 105 cm³/mol. The van der Waals surface area contributed by atoms with Crippen molar-refractivity contribution in [3.05, 3.63) is 83.9 Å². The van der Waals surface area contributed by atoms with E-state index in [0.717, 1.165) is 0 Å². The third-order valence-corrected chi connectivity index (χ3v) is 3.82. The maximum atomic E-state index is 12.3. The van der Waals surface area contributed by atoms with Gasteiger partial charge in [0.15, 0.2) is 11.5 Å². The number of para-hydroxylation sites is 4. The monoisotopic (exact) mass is 400 g/mol. The van der Waals surface area contributed by atoms with Gasteiger partial charge in [-0.05, 0) is 48.5 Å². The quantitative estimate of drug-likeness (QED) is 0.267. The first-order chi connectivity index (χ1) is 14.6. The lowest BCUT2D eigenvalue weighted by molar-refractivity contribution is 0.0721. The van der Waals surface area contributed by atoms with E-state index in [4.69, 9.17) is 9.47 Å². The van der Waals surface area contributed by atoms with Gasteiger partial charge in [0.05, 0.1) is 11.1 Å². The van der Waals surface area contributed by atoms with Gasteiger partial charge in [0.1, 0.15) is 11.4 Å². The van der Waals surface area contributed by atoms with Gasteiger partial charge in [0.25, 0.3) is 0 Å². The van der Waals surface area contributed by atoms with E-state index in [1.807, 2.05) is 0 Å². The summed E-state index contributed by atoms with van der Waals surface area (Å²) >= 11 is 0. The van der Waals surface area contributed by atoms with E-state index in [2.05, 4.69) is 9.98 Å². The van der Waals surface area contributed by atoms with Crippen molar-refractivity contribution in [1.29, 1.82) is 0 Å². The Bertz CT molecular complexity index is 1100. The lowest BCUT2D eigenvalue weighted by Gasteiger charge is -2.08. The molecule has 3 rings (SSSR count). The minimum Gasteiger partial charge on any atom is -0.421 e. The highest BCUT2D eigenvalue weighted by atomic mass is 16.5. The van der Waals surface area contributed by atoms with Gasteiger partial charge in [-0.1, -0.05) is 24.3 Å². The number of ether oxygens (including phenoxy) is 2. The van der Waals surface area contributed by atoms with Crippen LogP contribution in [0.2, 0.25) is 0 Å². The van der Waals surface area contributed by atoms with E-state index in [1.165, 1.54) is 60.7 Å². The number of carbonyl (C=O) groups excluding carboxylic acids is 4. The first kappa shape index (κ1) is 20.1. The SMILES string of the molecule is O=C=Nc1ccccc1OC(=O)c1ccc(C(=O)Oc2ccccc2N=C=O)cc1. The number of nitrogens with zero attached hydrogens (tertiary/aromatic N) is 2. The second-order valence-corrected chi connectivity index (χ2v) is 5.70. The molecule has 0 aromatic heterocycles. The minimum absolute atomic E-state index is 0.0988. The Balaban J connectivity index is 1.73. The summed E-state index contributed by atoms with van der Waals surface area (Å²) in [5.74, 6) is -1.20. The highest BCUT2D eigenvalue weighted by Gasteiger charge is 2.15. The zero-order valence-electron chi connectivity index (χ0n) is 15.3. The van der Waals surface area contributed by atoms with Gasteiger partial charge >= 0.3 is 11.9 Å². The van der Waals surface area contributed by atoms with Gasteiger partial charge in [-0.15, -0.1) is 0 Å². The molecule has 30 heavy (non-hydrogen) atoms. The van der Waals surface area contributed by atoms with Crippen molar-refractivity contribution in [3.8, 4) is 11.5 Å². The second-order valence-electron chi connectivity index (χ2n) is 5.70. The molecule has 8 nitrogen and oxygen atoms in total. The largest absolute Gasteiger partial charge is 0.421 e. The van der Waals surface area contributed by atoms with Crippen LogP contribution in [-0.2, 0) is 9.59 Å². The highest BCUT2D eigenvalue weighted by molar-refractivity contribution is 5.95. The summed E-state index contributed by atoms with van der Waals surface area (Å²) in [5.41, 5.74) is 0.667. The van der Waals surface area contributed by atoms with Crippen molar-refractivity contribution in [3.63, 3.8) is 0 Å². The van der Waals surface area contributed by atoms with Crippen molar-refractivity contribution < 1.29 is 28.7 Å². The molecule has 0 atom stereocenters. The Morgan fingerprint density at radius 1 is 0.600 bits per heavy atom. The highest BCUT2D eigenvalue weighted by Crippen LogP contribution is 2.28. The van der Waals surface area contributed by atoms with E-state index >= 15 is 0 Å². The Hall–Kier alpha value is -4.64. The molecule has 0 fully saturated rings. The van der Waals surface area contributed by atoms with Crippen LogP contribution in [0, 0.1) is 0 Å². The molecule has 0 spiro atoms. The van der Waals surface area contributed by atoms with Crippen LogP contribution in [0.25, 0.3) is 0 Å². The molecule has 8 heteroatoms. The molecule has 0 aliphatic rings. The molecule has 0 saturated heterocycles. The molecule has 0 saturated carbocycles. The summed E-state index contributed by atoms with van der Waals surface area (Å²) in [6.07, 6.45) is 2.79. The number of rotatable bonds is 6. The number of hydrogen-bond acceptors (Lipinski definition) is 8. The summed E-state index contributed by atoms with van der Waals surface area (Å²) in [4.78, 5) is 52.6. The standard InChI is InChI=1S/C22H12N2O6/c25-13-23-17-5-1-3-7-19(17)29-21(27)15-9-11-16(12-10-15)22(28)30-20-8-4-2-6-18(20)24-14-26/h1-12H. The van der Waals surface area contributed by atoms with Gasteiger partial charge in [-0.3, -0.25) is 0 Å². The Labute approximate surface area is 170 Å². The van der Waals surface area contributed by atoms with E-state index in [9.17, 15) is 19.2 Å². The average molecular weight is 400 g/mol. The van der Waals surface area contributed by atoms with Gasteiger partial charge in [0.2, 0.25) is 12.2 Å². The molecule has 0 bridgehead atoms. The van der Waals surface area contributed by atoms with Gasteiger partial charge < -0.3 is 9.47 Å². The fourth-order valence-corrected chi connectivity index (χ4v) is 2.43. The summed E-state index contributed by atoms with van der Waals surface area (Å²) in [7, 11) is 0. The number of aliphatic imine (C=N–C) groups is 2. The molecule has 0 N–H and O–H groups in total. The fraction of sp³-hybridized carbons (Fsp3) is 0. The predicted octanol–water partition coefficient (Wildman–Crippen LogP) is 4.06. The Kier molecular flexibility index (Phi) is 6.38. The second kappa shape index (κ2) is 9.52. The molecule has 146 valence electrons. The molecular formula is C22H12N2O6. The number of carbonyl (C=O) groups is 2. The first-order valence-electron chi connectivity index (χ1n) is 8.50. The molecule has 0 aliphatic carbocycles. The number of isocyanates is 2. The lowest BCUT2D eigenvalue weighted by Crippen LogP contribution is -2.11. The molecular weight excluding hydrogens is 388 g/mol. The van der Waals surface area contributed by atoms with Crippen LogP contribution in [0.1, 0.15) is 20.7 Å². The molecule has 0 heterocycles. The van der Waals surface area contributed by atoms with Crippen LogP contribution in [0.5, 0.6) is 11.5 Å². The third kappa shape index (κ3) is 4.79. The third-order valence-electron chi connectivity index (χ3n) is 3.82. The maximum Gasteiger partial charge on any atom is 0.343 e. The molecule has 0 radical (unpaired) electrons. The summed E-state index contributed by atoms with van der Waals surface area (Å²) < 4.78 is 10.5. The van der Waals surface area contributed by atoms with Crippen LogP contribution in [-0.4, -0.2) is 24.1 Å². The van der Waals surface area contributed by atoms with Gasteiger partial charge in [-0.25, -0.2) is 19.2 Å². The molecule has 0 unspecified atom stereocenters. The van der Waals surface area contributed by atoms with Crippen LogP contribution in [0.15, 0.2) is 82.8 Å². The van der Waals surface area contributed by atoms with Crippen molar-refractivity contribution in [2.24, 2.45) is 9.98 Å². The van der Waals surface area contributed by atoms with Crippen molar-refractivity contribution >= 4 is 35.5 Å². The molecule has 0 amide bonds. The minimum atomic E-state index is -0.700. The van der Waals surface area contributed by atoms with Crippen LogP contribution in [0.4, 0.5) is 11.4 Å². The summed E-state index contributed by atoms with van der Waals surface area (Å²) in [5, 5.41) is 0. The number of esters is 2. The van der Waals surface area contributed by atoms with E-state index < -0.39 is 11.9 Å². The van der Waals surface area contributed by atoms with E-state index in [0.29, 0.717) is 0 Å². The summed E-state index contributed by atoms with van der Waals surface area (Å²) in [6, 6.07) is 18.0. The zero-order chi connectivity index (χ0) is 21.3. The van der Waals surface area contributed by atoms with Gasteiger partial charge in [0, 0.05) is 0 Å². The normalized spacial score (nSPS) is 9.60. The fourth-order valence-electron chi connectivity index (χ4n) is 2.43. The number of hydrogen-bond donors (Lipinski definition) is 0. The van der Waals surface area contributed by atoms with Crippen LogP contribution in [0.3, 0.4) is 0 Å². The van der Waals surface area contributed by atoms with Crippen LogP contribution < -0.4 is 9.47 Å². The lowest BCUT2D eigenvalue weighted by atomic mass is 10.1. The zero-order valence-corrected chi connectivity index (χ0v) is 15.3. The van der Waals surface area contributed by atoms with Crippen molar-refractivity contribution in [2.75, 3.05) is 0 Å². The smallest absolute Gasteiger partial charge is 0.343 e. The van der Waals surface area contributed by atoms with Crippen molar-refractivity contribution in [1.82, 2.24) is 0 Å². The average Bonchev–Trinajstić information content (AvgIpc) is 2.77. The van der Waals surface area contributed by atoms with Crippen molar-refractivity contribution in [2.45, 2.75) is 0 Å². The Morgan fingerprint density at radius 3 is 1.33 bits per heavy atom. The summed E-state index contributed by atoms with van der Waals surface area (Å²) in [6.45, 7) is 0. The topological polar surface area (TPSA) is 111 Å². The maximum absolute atomic E-state index is 12.3.